The fraction of sp³-hybridized carbons (Fsp3) is 0.500. The van der Waals surface area contributed by atoms with Crippen LogP contribution < -0.4 is 0 Å². The molecule has 13 heavy (non-hydrogen) atoms. The van der Waals surface area contributed by atoms with Gasteiger partial charge >= 0.3 is 0 Å². The Bertz CT molecular complexity index is 274. The van der Waals surface area contributed by atoms with Gasteiger partial charge in [0, 0.05) is 19.2 Å². The van der Waals surface area contributed by atoms with E-state index in [9.17, 15) is 8.78 Å². The minimum atomic E-state index is -3.09. The van der Waals surface area contributed by atoms with Gasteiger partial charge in [0.05, 0.1) is 11.9 Å². The molecule has 0 fully saturated rings. The summed E-state index contributed by atoms with van der Waals surface area (Å²) in [6.07, 6.45) is 1.69. The maximum Gasteiger partial charge on any atom is 0.293 e. The second-order valence-corrected chi connectivity index (χ2v) is 2.72. The second kappa shape index (κ2) is 3.74. The van der Waals surface area contributed by atoms with E-state index >= 15 is 0 Å². The van der Waals surface area contributed by atoms with Crippen LogP contribution in [0, 0.1) is 6.92 Å². The summed E-state index contributed by atoms with van der Waals surface area (Å²) in [4.78, 5) is 7.25. The maximum absolute atomic E-state index is 13.0. The van der Waals surface area contributed by atoms with E-state index in [1.165, 1.54) is 6.20 Å². The Balaban J connectivity index is 2.87. The number of hydrogen-bond acceptors (Lipinski definition) is 3. The molecule has 0 unspecified atom stereocenters. The SMILES string of the molecule is Cc1cnc(C(F)(F)CCO)cn1. The molecule has 0 radical (unpaired) electrons. The van der Waals surface area contributed by atoms with Gasteiger partial charge in [0.25, 0.3) is 5.92 Å². The van der Waals surface area contributed by atoms with Crippen molar-refractivity contribution in [2.24, 2.45) is 0 Å². The zero-order valence-electron chi connectivity index (χ0n) is 7.17. The van der Waals surface area contributed by atoms with Crippen LogP contribution in [0.4, 0.5) is 8.78 Å². The standard InChI is InChI=1S/C8H10F2N2O/c1-6-4-12-7(5-11-6)8(9,10)2-3-13/h4-5,13H,2-3H2,1H3. The van der Waals surface area contributed by atoms with Crippen LogP contribution >= 0.6 is 0 Å². The van der Waals surface area contributed by atoms with Crippen LogP contribution in [0.25, 0.3) is 0 Å². The molecule has 0 saturated carbocycles. The highest BCUT2D eigenvalue weighted by Gasteiger charge is 2.32. The lowest BCUT2D eigenvalue weighted by Crippen LogP contribution is -2.17. The molecule has 1 heterocycles. The number of aliphatic hydroxyl groups is 1. The van der Waals surface area contributed by atoms with Gasteiger partial charge in [-0.3, -0.25) is 9.97 Å². The quantitative estimate of drug-likeness (QED) is 0.776. The number of rotatable bonds is 3. The van der Waals surface area contributed by atoms with Gasteiger partial charge in [-0.1, -0.05) is 0 Å². The van der Waals surface area contributed by atoms with Crippen LogP contribution in [0.15, 0.2) is 12.4 Å². The van der Waals surface area contributed by atoms with Crippen molar-refractivity contribution in [3.8, 4) is 0 Å². The third kappa shape index (κ3) is 2.42. The first-order valence-corrected chi connectivity index (χ1v) is 3.84. The van der Waals surface area contributed by atoms with E-state index in [4.69, 9.17) is 5.11 Å². The van der Waals surface area contributed by atoms with Gasteiger partial charge in [-0.2, -0.15) is 8.78 Å². The Morgan fingerprint density at radius 3 is 2.54 bits per heavy atom. The van der Waals surface area contributed by atoms with Crippen molar-refractivity contribution in [1.29, 1.82) is 0 Å². The van der Waals surface area contributed by atoms with Gasteiger partial charge in [-0.25, -0.2) is 0 Å². The van der Waals surface area contributed by atoms with Gasteiger partial charge < -0.3 is 5.11 Å². The van der Waals surface area contributed by atoms with Crippen molar-refractivity contribution in [3.63, 3.8) is 0 Å². The third-order valence-electron chi connectivity index (χ3n) is 1.58. The Morgan fingerprint density at radius 1 is 1.38 bits per heavy atom. The Labute approximate surface area is 74.5 Å². The van der Waals surface area contributed by atoms with Gasteiger partial charge in [0.15, 0.2) is 0 Å². The van der Waals surface area contributed by atoms with Gasteiger partial charge in [0.2, 0.25) is 0 Å². The van der Waals surface area contributed by atoms with Gasteiger partial charge in [-0.05, 0) is 6.92 Å². The number of alkyl halides is 2. The summed E-state index contributed by atoms with van der Waals surface area (Å²) in [5, 5.41) is 8.39. The summed E-state index contributed by atoms with van der Waals surface area (Å²) < 4.78 is 26.1. The predicted octanol–water partition coefficient (Wildman–Crippen LogP) is 1.26. The highest BCUT2D eigenvalue weighted by atomic mass is 19.3. The number of hydrogen-bond donors (Lipinski definition) is 1. The minimum Gasteiger partial charge on any atom is -0.396 e. The molecule has 5 heteroatoms. The van der Waals surface area contributed by atoms with Crippen LogP contribution in [-0.2, 0) is 5.92 Å². The molecule has 0 spiro atoms. The van der Waals surface area contributed by atoms with Crippen molar-refractivity contribution >= 4 is 0 Å². The van der Waals surface area contributed by atoms with E-state index in [0.717, 1.165) is 6.20 Å². The summed E-state index contributed by atoms with van der Waals surface area (Å²) in [5.74, 6) is -3.09. The van der Waals surface area contributed by atoms with Crippen LogP contribution in [0.5, 0.6) is 0 Å². The van der Waals surface area contributed by atoms with E-state index in [2.05, 4.69) is 9.97 Å². The monoisotopic (exact) mass is 188 g/mol. The molecule has 0 aliphatic rings. The topological polar surface area (TPSA) is 46.0 Å². The number of nitrogens with zero attached hydrogens (tertiary/aromatic N) is 2. The summed E-state index contributed by atoms with van der Waals surface area (Å²) in [7, 11) is 0. The van der Waals surface area contributed by atoms with E-state index in [-0.39, 0.29) is 0 Å². The molecule has 3 nitrogen and oxygen atoms in total. The highest BCUT2D eigenvalue weighted by molar-refractivity contribution is 5.06. The lowest BCUT2D eigenvalue weighted by molar-refractivity contribution is -0.0313. The van der Waals surface area contributed by atoms with E-state index < -0.39 is 24.6 Å². The van der Waals surface area contributed by atoms with Crippen LogP contribution in [-0.4, -0.2) is 21.7 Å². The van der Waals surface area contributed by atoms with Crippen molar-refractivity contribution in [2.45, 2.75) is 19.3 Å². The van der Waals surface area contributed by atoms with Crippen molar-refractivity contribution < 1.29 is 13.9 Å². The second-order valence-electron chi connectivity index (χ2n) is 2.72. The van der Waals surface area contributed by atoms with Gasteiger partial charge in [0.1, 0.15) is 5.69 Å². The predicted molar refractivity (Wildman–Crippen MR) is 42.4 cm³/mol. The molecular formula is C8H10F2N2O. The molecule has 1 aromatic heterocycles. The summed E-state index contributed by atoms with van der Waals surface area (Å²) in [5.41, 5.74) is 0.190. The molecule has 0 aliphatic heterocycles. The molecule has 0 amide bonds. The van der Waals surface area contributed by atoms with E-state index in [1.54, 1.807) is 6.92 Å². The first-order valence-electron chi connectivity index (χ1n) is 3.84. The Kier molecular flexibility index (Phi) is 2.87. The summed E-state index contributed by atoms with van der Waals surface area (Å²) in [6.45, 7) is 1.10. The minimum absolute atomic E-state index is 0.396. The zero-order chi connectivity index (χ0) is 9.90. The smallest absolute Gasteiger partial charge is 0.293 e. The lowest BCUT2D eigenvalue weighted by atomic mass is 10.2. The average Bonchev–Trinajstić information content (AvgIpc) is 2.05. The van der Waals surface area contributed by atoms with Gasteiger partial charge in [-0.15, -0.1) is 0 Å². The molecule has 72 valence electrons. The van der Waals surface area contributed by atoms with Crippen LogP contribution in [0.3, 0.4) is 0 Å². The largest absolute Gasteiger partial charge is 0.396 e. The molecule has 0 atom stereocenters. The zero-order valence-corrected chi connectivity index (χ0v) is 7.17. The molecule has 1 rings (SSSR count). The van der Waals surface area contributed by atoms with Crippen molar-refractivity contribution in [2.75, 3.05) is 6.61 Å². The van der Waals surface area contributed by atoms with E-state index in [0.29, 0.717) is 5.69 Å². The van der Waals surface area contributed by atoms with Crippen molar-refractivity contribution in [3.05, 3.63) is 23.8 Å². The number of aliphatic hydroxyl groups excluding tert-OH is 1. The number of halogens is 2. The fourth-order valence-electron chi connectivity index (χ4n) is 0.850. The Hall–Kier alpha value is -1.10. The van der Waals surface area contributed by atoms with Crippen molar-refractivity contribution in [1.82, 2.24) is 9.97 Å². The third-order valence-corrected chi connectivity index (χ3v) is 1.58. The summed E-state index contributed by atoms with van der Waals surface area (Å²) >= 11 is 0. The molecule has 0 saturated heterocycles. The molecule has 0 aliphatic carbocycles. The number of aryl methyl sites for hydroxylation is 1. The van der Waals surface area contributed by atoms with E-state index in [1.807, 2.05) is 0 Å². The molecule has 0 bridgehead atoms. The Morgan fingerprint density at radius 2 is 2.08 bits per heavy atom. The maximum atomic E-state index is 13.0. The molecule has 1 N–H and O–H groups in total. The van der Waals surface area contributed by atoms with Crippen LogP contribution in [0.2, 0.25) is 0 Å². The summed E-state index contributed by atoms with van der Waals surface area (Å²) in [6, 6.07) is 0. The first kappa shape index (κ1) is 9.98. The highest BCUT2D eigenvalue weighted by Crippen LogP contribution is 2.28. The normalized spacial score (nSPS) is 11.7. The van der Waals surface area contributed by atoms with Crippen LogP contribution in [0.1, 0.15) is 17.8 Å². The number of aromatic nitrogens is 2. The average molecular weight is 188 g/mol. The molecular weight excluding hydrogens is 178 g/mol. The molecule has 0 aromatic carbocycles. The lowest BCUT2D eigenvalue weighted by Gasteiger charge is -2.13. The fourth-order valence-corrected chi connectivity index (χ4v) is 0.850. The first-order chi connectivity index (χ1) is 6.06. The molecule has 1 aromatic rings.